The number of aromatic nitrogens is 1. The van der Waals surface area contributed by atoms with E-state index in [-0.39, 0.29) is 18.6 Å². The summed E-state index contributed by atoms with van der Waals surface area (Å²) in [6, 6.07) is 9.87. The number of nitrogens with one attached hydrogen (secondary N) is 1. The molecule has 1 aromatic heterocycles. The smallest absolute Gasteiger partial charge is 0.307 e. The lowest BCUT2D eigenvalue weighted by Gasteiger charge is -2.13. The summed E-state index contributed by atoms with van der Waals surface area (Å²) in [5, 5.41) is 2.96. The number of amides is 1. The minimum Gasteiger partial charge on any atom is -0.494 e. The van der Waals surface area contributed by atoms with Crippen LogP contribution >= 0.6 is 11.6 Å². The molecule has 0 saturated carbocycles. The quantitative estimate of drug-likeness (QED) is 0.462. The van der Waals surface area contributed by atoms with E-state index in [0.29, 0.717) is 28.8 Å². The molecule has 1 unspecified atom stereocenters. The average molecular weight is 419 g/mol. The molecule has 0 spiro atoms. The number of halogens is 1. The van der Waals surface area contributed by atoms with E-state index in [1.165, 1.54) is 19.2 Å². The number of hydrogen-bond donors (Lipinski definition) is 1. The first-order valence-electron chi connectivity index (χ1n) is 9.27. The Kier molecular flexibility index (Phi) is 8.61. The predicted octanol–water partition coefficient (Wildman–Crippen LogP) is 4.06. The lowest BCUT2D eigenvalue weighted by atomic mass is 10.1. The number of ketones is 1. The summed E-state index contributed by atoms with van der Waals surface area (Å²) >= 11 is 5.73. The van der Waals surface area contributed by atoms with Crippen molar-refractivity contribution in [3.63, 3.8) is 0 Å². The molecule has 1 atom stereocenters. The molecule has 1 aromatic carbocycles. The van der Waals surface area contributed by atoms with Gasteiger partial charge >= 0.3 is 5.97 Å². The van der Waals surface area contributed by atoms with Crippen LogP contribution in [0, 0.1) is 0 Å². The molecular formula is C21H23ClN2O5. The molecule has 0 aliphatic carbocycles. The number of benzene rings is 1. The van der Waals surface area contributed by atoms with Crippen molar-refractivity contribution in [2.75, 3.05) is 11.9 Å². The Morgan fingerprint density at radius 2 is 1.83 bits per heavy atom. The van der Waals surface area contributed by atoms with Gasteiger partial charge in [0.1, 0.15) is 11.6 Å². The molecule has 8 heteroatoms. The minimum atomic E-state index is -1.02. The molecule has 1 N–H and O–H groups in total. The van der Waals surface area contributed by atoms with Crippen LogP contribution in [0.3, 0.4) is 0 Å². The maximum atomic E-state index is 12.2. The zero-order valence-electron chi connectivity index (χ0n) is 16.3. The van der Waals surface area contributed by atoms with Crippen LogP contribution in [0.15, 0.2) is 42.6 Å². The largest absolute Gasteiger partial charge is 0.494 e. The fraction of sp³-hybridized carbons (Fsp3) is 0.333. The van der Waals surface area contributed by atoms with Crippen LogP contribution in [0.2, 0.25) is 5.02 Å². The third-order valence-corrected chi connectivity index (χ3v) is 4.09. The van der Waals surface area contributed by atoms with Crippen molar-refractivity contribution >= 4 is 35.1 Å². The maximum Gasteiger partial charge on any atom is 0.307 e. The molecule has 2 rings (SSSR count). The molecule has 1 heterocycles. The van der Waals surface area contributed by atoms with Crippen molar-refractivity contribution in [3.8, 4) is 5.75 Å². The third-order valence-electron chi connectivity index (χ3n) is 3.86. The number of anilines is 1. The van der Waals surface area contributed by atoms with E-state index < -0.39 is 18.0 Å². The topological polar surface area (TPSA) is 94.6 Å². The first-order chi connectivity index (χ1) is 13.9. The van der Waals surface area contributed by atoms with Crippen LogP contribution in [0.1, 0.15) is 43.5 Å². The number of hydrogen-bond acceptors (Lipinski definition) is 6. The summed E-state index contributed by atoms with van der Waals surface area (Å²) in [6.07, 6.45) is 1.13. The molecule has 7 nitrogen and oxygen atoms in total. The Hall–Kier alpha value is -2.93. The molecule has 0 saturated heterocycles. The Bertz CT molecular complexity index is 837. The van der Waals surface area contributed by atoms with Crippen LogP contribution in [0.4, 0.5) is 5.82 Å². The second kappa shape index (κ2) is 11.2. The second-order valence-electron chi connectivity index (χ2n) is 6.28. The van der Waals surface area contributed by atoms with Gasteiger partial charge < -0.3 is 14.8 Å². The number of Topliss-reactive ketones (excluding diaryl/α,β-unsaturated/α-hetero) is 1. The SMILES string of the molecule is CCCOc1ccc(C(=O)CCC(=O)OC(C)C(=O)Nc2ccc(Cl)cn2)cc1. The highest BCUT2D eigenvalue weighted by atomic mass is 35.5. The average Bonchev–Trinajstić information content (AvgIpc) is 2.72. The standard InChI is InChI=1S/C21H23ClN2O5/c1-3-12-28-17-7-4-15(5-8-17)18(25)9-11-20(26)29-14(2)21(27)24-19-10-6-16(22)13-23-19/h4-8,10,13-14H,3,9,11-12H2,1-2H3,(H,23,24,27). The molecule has 0 fully saturated rings. The van der Waals surface area contributed by atoms with E-state index in [1.807, 2.05) is 6.92 Å². The van der Waals surface area contributed by atoms with Gasteiger partial charge in [0.25, 0.3) is 5.91 Å². The highest BCUT2D eigenvalue weighted by Gasteiger charge is 2.19. The van der Waals surface area contributed by atoms with Gasteiger partial charge in [-0.2, -0.15) is 0 Å². The van der Waals surface area contributed by atoms with Crippen molar-refractivity contribution in [1.82, 2.24) is 4.98 Å². The van der Waals surface area contributed by atoms with E-state index in [0.717, 1.165) is 6.42 Å². The first-order valence-corrected chi connectivity index (χ1v) is 9.64. The van der Waals surface area contributed by atoms with E-state index in [2.05, 4.69) is 10.3 Å². The number of nitrogens with zero attached hydrogens (tertiary/aromatic N) is 1. The summed E-state index contributed by atoms with van der Waals surface area (Å²) in [5.41, 5.74) is 0.487. The molecule has 0 radical (unpaired) electrons. The molecule has 1 amide bonds. The highest BCUT2D eigenvalue weighted by Crippen LogP contribution is 2.15. The number of carbonyl (C=O) groups is 3. The lowest BCUT2D eigenvalue weighted by Crippen LogP contribution is -2.30. The summed E-state index contributed by atoms with van der Waals surface area (Å²) < 4.78 is 10.5. The van der Waals surface area contributed by atoms with Crippen molar-refractivity contribution in [2.45, 2.75) is 39.2 Å². The van der Waals surface area contributed by atoms with E-state index >= 15 is 0 Å². The number of rotatable bonds is 10. The summed E-state index contributed by atoms with van der Waals surface area (Å²) in [5.74, 6) is -0.358. The molecule has 0 aliphatic heterocycles. The number of pyridine rings is 1. The Morgan fingerprint density at radius 1 is 1.10 bits per heavy atom. The van der Waals surface area contributed by atoms with Gasteiger partial charge in [-0.3, -0.25) is 14.4 Å². The molecule has 29 heavy (non-hydrogen) atoms. The fourth-order valence-corrected chi connectivity index (χ4v) is 2.42. The van der Waals surface area contributed by atoms with E-state index in [4.69, 9.17) is 21.1 Å². The molecule has 2 aromatic rings. The lowest BCUT2D eigenvalue weighted by molar-refractivity contribution is -0.153. The third kappa shape index (κ3) is 7.54. The number of carbonyl (C=O) groups excluding carboxylic acids is 3. The van der Waals surface area contributed by atoms with Gasteiger partial charge in [-0.25, -0.2) is 4.98 Å². The van der Waals surface area contributed by atoms with Crippen LogP contribution in [0.5, 0.6) is 5.75 Å². The number of ether oxygens (including phenoxy) is 2. The van der Waals surface area contributed by atoms with Gasteiger partial charge in [-0.05, 0) is 49.7 Å². The summed E-state index contributed by atoms with van der Waals surface area (Å²) in [4.78, 5) is 40.2. The predicted molar refractivity (Wildman–Crippen MR) is 109 cm³/mol. The Labute approximate surface area is 174 Å². The maximum absolute atomic E-state index is 12.2. The first kappa shape index (κ1) is 22.4. The highest BCUT2D eigenvalue weighted by molar-refractivity contribution is 6.30. The van der Waals surface area contributed by atoms with Crippen molar-refractivity contribution in [1.29, 1.82) is 0 Å². The van der Waals surface area contributed by atoms with E-state index in [1.54, 1.807) is 30.3 Å². The second-order valence-corrected chi connectivity index (χ2v) is 6.72. The van der Waals surface area contributed by atoms with Crippen LogP contribution in [0.25, 0.3) is 0 Å². The minimum absolute atomic E-state index is 0.0128. The van der Waals surface area contributed by atoms with Crippen LogP contribution < -0.4 is 10.1 Å². The van der Waals surface area contributed by atoms with Crippen molar-refractivity contribution in [3.05, 3.63) is 53.2 Å². The van der Waals surface area contributed by atoms with Crippen molar-refractivity contribution < 1.29 is 23.9 Å². The van der Waals surface area contributed by atoms with Crippen LogP contribution in [-0.2, 0) is 14.3 Å². The van der Waals surface area contributed by atoms with Crippen molar-refractivity contribution in [2.24, 2.45) is 0 Å². The van der Waals surface area contributed by atoms with Gasteiger partial charge in [-0.1, -0.05) is 18.5 Å². The number of esters is 1. The Balaban J connectivity index is 1.77. The summed E-state index contributed by atoms with van der Waals surface area (Å²) in [7, 11) is 0. The van der Waals surface area contributed by atoms with E-state index in [9.17, 15) is 14.4 Å². The molecule has 0 bridgehead atoms. The van der Waals surface area contributed by atoms with Gasteiger partial charge in [-0.15, -0.1) is 0 Å². The summed E-state index contributed by atoms with van der Waals surface area (Å²) in [6.45, 7) is 4.06. The normalized spacial score (nSPS) is 11.4. The van der Waals surface area contributed by atoms with Gasteiger partial charge in [0.2, 0.25) is 0 Å². The fourth-order valence-electron chi connectivity index (χ4n) is 2.30. The van der Waals surface area contributed by atoms with Crippen LogP contribution in [-0.4, -0.2) is 35.4 Å². The van der Waals surface area contributed by atoms with Gasteiger partial charge in [0.15, 0.2) is 11.9 Å². The molecular weight excluding hydrogens is 396 g/mol. The monoisotopic (exact) mass is 418 g/mol. The zero-order chi connectivity index (χ0) is 21.2. The van der Waals surface area contributed by atoms with Gasteiger partial charge in [0.05, 0.1) is 18.1 Å². The zero-order valence-corrected chi connectivity index (χ0v) is 17.1. The molecule has 0 aliphatic rings. The van der Waals surface area contributed by atoms with Gasteiger partial charge in [0, 0.05) is 18.2 Å². The Morgan fingerprint density at radius 3 is 2.45 bits per heavy atom. The molecule has 154 valence electrons.